The summed E-state index contributed by atoms with van der Waals surface area (Å²) in [5, 5.41) is 1.94. The molecule has 106 valence electrons. The van der Waals surface area contributed by atoms with Crippen LogP contribution < -0.4 is 15.2 Å². The highest BCUT2D eigenvalue weighted by atomic mass is 32.2. The van der Waals surface area contributed by atoms with Crippen molar-refractivity contribution in [2.24, 2.45) is 5.73 Å². The van der Waals surface area contributed by atoms with Gasteiger partial charge in [-0.3, -0.25) is 4.79 Å². The smallest absolute Gasteiger partial charge is 0.227 e. The van der Waals surface area contributed by atoms with Crippen molar-refractivity contribution in [2.75, 3.05) is 20.0 Å². The Hall–Kier alpha value is -1.73. The van der Waals surface area contributed by atoms with Crippen LogP contribution in [0.4, 0.5) is 0 Å². The number of nitrogens with zero attached hydrogens (tertiary/aromatic N) is 1. The molecule has 0 spiro atoms. The molecule has 0 saturated heterocycles. The van der Waals surface area contributed by atoms with Crippen molar-refractivity contribution in [3.05, 3.63) is 23.6 Å². The van der Waals surface area contributed by atoms with Gasteiger partial charge in [-0.25, -0.2) is 4.98 Å². The summed E-state index contributed by atoms with van der Waals surface area (Å²) in [5.74, 6) is 1.22. The summed E-state index contributed by atoms with van der Waals surface area (Å²) in [5.41, 5.74) is 6.89. The van der Waals surface area contributed by atoms with Gasteiger partial charge in [0.25, 0.3) is 0 Å². The maximum atomic E-state index is 10.8. The van der Waals surface area contributed by atoms with Gasteiger partial charge >= 0.3 is 0 Å². The lowest BCUT2D eigenvalue weighted by Gasteiger charge is -2.08. The van der Waals surface area contributed by atoms with Crippen molar-refractivity contribution in [3.63, 3.8) is 0 Å². The predicted octanol–water partition coefficient (Wildman–Crippen LogP) is 2.40. The molecule has 1 aromatic heterocycles. The van der Waals surface area contributed by atoms with Gasteiger partial charge in [0, 0.05) is 10.9 Å². The molecule has 7 heteroatoms. The third-order valence-electron chi connectivity index (χ3n) is 2.50. The second kappa shape index (κ2) is 6.62. The number of rotatable bonds is 6. The van der Waals surface area contributed by atoms with E-state index in [-0.39, 0.29) is 11.7 Å². The molecular formula is C13H14N2O3S2. The molecule has 2 aromatic rings. The molecule has 2 N–H and O–H groups in total. The summed E-state index contributed by atoms with van der Waals surface area (Å²) in [6, 6.07) is 5.62. The van der Waals surface area contributed by atoms with Crippen molar-refractivity contribution in [2.45, 2.75) is 4.34 Å². The van der Waals surface area contributed by atoms with Gasteiger partial charge in [-0.1, -0.05) is 11.8 Å². The molecule has 0 radical (unpaired) electrons. The highest BCUT2D eigenvalue weighted by Crippen LogP contribution is 2.34. The van der Waals surface area contributed by atoms with Gasteiger partial charge in [-0.15, -0.1) is 11.3 Å². The minimum absolute atomic E-state index is 0.235. The number of hydrogen-bond donors (Lipinski definition) is 1. The molecule has 0 aliphatic rings. The zero-order valence-corrected chi connectivity index (χ0v) is 12.7. The van der Waals surface area contributed by atoms with Crippen LogP contribution in [0.15, 0.2) is 27.9 Å². The molecular weight excluding hydrogens is 296 g/mol. The van der Waals surface area contributed by atoms with Crippen LogP contribution in [0.25, 0.3) is 11.3 Å². The number of carbonyl (C=O) groups is 1. The fourth-order valence-electron chi connectivity index (χ4n) is 1.58. The number of primary amides is 1. The summed E-state index contributed by atoms with van der Waals surface area (Å²) in [6.07, 6.45) is 0. The lowest BCUT2D eigenvalue weighted by Crippen LogP contribution is -2.12. The lowest BCUT2D eigenvalue weighted by atomic mass is 10.1. The molecule has 20 heavy (non-hydrogen) atoms. The lowest BCUT2D eigenvalue weighted by molar-refractivity contribution is -0.115. The van der Waals surface area contributed by atoms with Crippen LogP contribution in [0, 0.1) is 0 Å². The van der Waals surface area contributed by atoms with E-state index in [1.165, 1.54) is 23.1 Å². The Bertz CT molecular complexity index is 613. The second-order valence-corrected chi connectivity index (χ2v) is 5.90. The minimum Gasteiger partial charge on any atom is -0.493 e. The number of thioether (sulfide) groups is 1. The Kier molecular flexibility index (Phi) is 4.86. The van der Waals surface area contributed by atoms with Crippen LogP contribution in [0.1, 0.15) is 0 Å². The number of hydrogen-bond acceptors (Lipinski definition) is 6. The Morgan fingerprint density at radius 1 is 1.35 bits per heavy atom. The number of carbonyl (C=O) groups excluding carboxylic acids is 1. The van der Waals surface area contributed by atoms with Crippen molar-refractivity contribution in [1.29, 1.82) is 0 Å². The number of ether oxygens (including phenoxy) is 2. The van der Waals surface area contributed by atoms with Crippen LogP contribution >= 0.6 is 23.1 Å². The van der Waals surface area contributed by atoms with E-state index < -0.39 is 0 Å². The van der Waals surface area contributed by atoms with Crippen LogP contribution in [-0.2, 0) is 4.79 Å². The number of thiazole rings is 1. The van der Waals surface area contributed by atoms with Crippen molar-refractivity contribution in [3.8, 4) is 22.8 Å². The molecule has 1 heterocycles. The molecule has 0 unspecified atom stereocenters. The Balaban J connectivity index is 2.21. The Labute approximate surface area is 125 Å². The van der Waals surface area contributed by atoms with Crippen molar-refractivity contribution in [1.82, 2.24) is 4.98 Å². The van der Waals surface area contributed by atoms with Gasteiger partial charge in [0.1, 0.15) is 0 Å². The number of amides is 1. The minimum atomic E-state index is -0.349. The van der Waals surface area contributed by atoms with Crippen LogP contribution in [0.3, 0.4) is 0 Å². The molecule has 0 aliphatic carbocycles. The van der Waals surface area contributed by atoms with E-state index in [1.54, 1.807) is 14.2 Å². The SMILES string of the molecule is COc1ccc(-c2csc(SCC(N)=O)n2)cc1OC. The number of nitrogens with two attached hydrogens (primary N) is 1. The van der Waals surface area contributed by atoms with E-state index in [2.05, 4.69) is 4.98 Å². The number of methoxy groups -OCH3 is 2. The van der Waals surface area contributed by atoms with E-state index in [0.717, 1.165) is 15.6 Å². The van der Waals surface area contributed by atoms with Gasteiger partial charge in [-0.2, -0.15) is 0 Å². The summed E-state index contributed by atoms with van der Waals surface area (Å²) in [4.78, 5) is 15.2. The van der Waals surface area contributed by atoms with E-state index >= 15 is 0 Å². The zero-order chi connectivity index (χ0) is 14.5. The van der Waals surface area contributed by atoms with E-state index in [1.807, 2.05) is 23.6 Å². The maximum Gasteiger partial charge on any atom is 0.227 e. The molecule has 0 fully saturated rings. The van der Waals surface area contributed by atoms with Gasteiger partial charge in [0.2, 0.25) is 5.91 Å². The van der Waals surface area contributed by atoms with Gasteiger partial charge < -0.3 is 15.2 Å². The monoisotopic (exact) mass is 310 g/mol. The topological polar surface area (TPSA) is 74.4 Å². The zero-order valence-electron chi connectivity index (χ0n) is 11.1. The van der Waals surface area contributed by atoms with E-state index in [9.17, 15) is 4.79 Å². The normalized spacial score (nSPS) is 10.3. The van der Waals surface area contributed by atoms with Crippen molar-refractivity contribution >= 4 is 29.0 Å². The molecule has 5 nitrogen and oxygen atoms in total. The van der Waals surface area contributed by atoms with E-state index in [0.29, 0.717) is 11.5 Å². The van der Waals surface area contributed by atoms with E-state index in [4.69, 9.17) is 15.2 Å². The molecule has 1 aromatic carbocycles. The van der Waals surface area contributed by atoms with Crippen LogP contribution in [-0.4, -0.2) is 30.9 Å². The third-order valence-corrected chi connectivity index (χ3v) is 4.54. The highest BCUT2D eigenvalue weighted by Gasteiger charge is 2.10. The first-order valence-corrected chi connectivity index (χ1v) is 7.59. The average Bonchev–Trinajstić information content (AvgIpc) is 2.93. The first kappa shape index (κ1) is 14.7. The molecule has 0 atom stereocenters. The molecule has 0 aliphatic heterocycles. The first-order valence-electron chi connectivity index (χ1n) is 5.73. The average molecular weight is 310 g/mol. The molecule has 0 saturated carbocycles. The Morgan fingerprint density at radius 2 is 2.10 bits per heavy atom. The summed E-state index contributed by atoms with van der Waals surface area (Å²) < 4.78 is 11.3. The fourth-order valence-corrected chi connectivity index (χ4v) is 3.16. The van der Waals surface area contributed by atoms with Crippen LogP contribution in [0.5, 0.6) is 11.5 Å². The molecule has 2 rings (SSSR count). The largest absolute Gasteiger partial charge is 0.493 e. The number of benzene rings is 1. The second-order valence-electron chi connectivity index (χ2n) is 3.82. The highest BCUT2D eigenvalue weighted by molar-refractivity contribution is 8.01. The quantitative estimate of drug-likeness (QED) is 0.829. The molecule has 0 bridgehead atoms. The maximum absolute atomic E-state index is 10.8. The van der Waals surface area contributed by atoms with Gasteiger partial charge in [0.15, 0.2) is 15.8 Å². The summed E-state index contributed by atoms with van der Waals surface area (Å²) in [7, 11) is 3.19. The molecule has 1 amide bonds. The number of aromatic nitrogens is 1. The standard InChI is InChI=1S/C13H14N2O3S2/c1-17-10-4-3-8(5-11(10)18-2)9-6-19-13(15-9)20-7-12(14)16/h3-6H,7H2,1-2H3,(H2,14,16). The first-order chi connectivity index (χ1) is 9.63. The summed E-state index contributed by atoms with van der Waals surface area (Å²) in [6.45, 7) is 0. The Morgan fingerprint density at radius 3 is 2.75 bits per heavy atom. The predicted molar refractivity (Wildman–Crippen MR) is 80.6 cm³/mol. The van der Waals surface area contributed by atoms with Crippen LogP contribution in [0.2, 0.25) is 0 Å². The van der Waals surface area contributed by atoms with Crippen molar-refractivity contribution < 1.29 is 14.3 Å². The van der Waals surface area contributed by atoms with Gasteiger partial charge in [-0.05, 0) is 18.2 Å². The van der Waals surface area contributed by atoms with Gasteiger partial charge in [0.05, 0.1) is 25.7 Å². The fraction of sp³-hybridized carbons (Fsp3) is 0.231. The third kappa shape index (κ3) is 3.43. The summed E-state index contributed by atoms with van der Waals surface area (Å²) >= 11 is 2.82.